The highest BCUT2D eigenvalue weighted by molar-refractivity contribution is 7.99. The molecule has 2 aromatic rings. The van der Waals surface area contributed by atoms with Crippen LogP contribution < -0.4 is 10.5 Å². The summed E-state index contributed by atoms with van der Waals surface area (Å²) < 4.78 is 7.53. The maximum Gasteiger partial charge on any atom is 0.222 e. The van der Waals surface area contributed by atoms with E-state index in [1.807, 2.05) is 36.6 Å². The van der Waals surface area contributed by atoms with Gasteiger partial charge in [-0.3, -0.25) is 4.57 Å². The van der Waals surface area contributed by atoms with Gasteiger partial charge < -0.3 is 10.5 Å². The number of nitrogen functional groups attached to an aromatic ring is 1. The van der Waals surface area contributed by atoms with Crippen molar-refractivity contribution in [2.45, 2.75) is 25.0 Å². The van der Waals surface area contributed by atoms with Crippen LogP contribution in [0.2, 0.25) is 5.02 Å². The number of aromatic nitrogens is 3. The predicted octanol–water partition coefficient (Wildman–Crippen LogP) is 3.27. The fourth-order valence-electron chi connectivity index (χ4n) is 1.72. The van der Waals surface area contributed by atoms with Gasteiger partial charge in [-0.2, -0.15) is 0 Å². The Bertz CT molecular complexity index is 573. The third kappa shape index (κ3) is 3.80. The summed E-state index contributed by atoms with van der Waals surface area (Å²) in [4.78, 5) is 0. The standard InChI is InChI=1S/C13H17ClN4OS/c1-9(2)18-12(15)16-17-13(18)20-7-6-19-11-5-3-4-10(14)8-11/h3-5,8-9H,6-7H2,1-2H3,(H2,15,16). The van der Waals surface area contributed by atoms with Gasteiger partial charge in [-0.1, -0.05) is 29.4 Å². The molecule has 0 saturated carbocycles. The first kappa shape index (κ1) is 15.0. The van der Waals surface area contributed by atoms with Gasteiger partial charge in [0.1, 0.15) is 5.75 Å². The van der Waals surface area contributed by atoms with Crippen LogP contribution in [0.5, 0.6) is 5.75 Å². The van der Waals surface area contributed by atoms with E-state index in [9.17, 15) is 0 Å². The van der Waals surface area contributed by atoms with Crippen molar-refractivity contribution in [3.8, 4) is 5.75 Å². The number of thioether (sulfide) groups is 1. The Morgan fingerprint density at radius 3 is 2.90 bits per heavy atom. The third-order valence-electron chi connectivity index (χ3n) is 2.59. The highest BCUT2D eigenvalue weighted by Crippen LogP contribution is 2.23. The minimum Gasteiger partial charge on any atom is -0.493 e. The maximum absolute atomic E-state index is 5.89. The topological polar surface area (TPSA) is 66.0 Å². The van der Waals surface area contributed by atoms with E-state index in [-0.39, 0.29) is 6.04 Å². The van der Waals surface area contributed by atoms with Crippen molar-refractivity contribution in [3.63, 3.8) is 0 Å². The third-order valence-corrected chi connectivity index (χ3v) is 3.73. The van der Waals surface area contributed by atoms with Crippen LogP contribution in [0.25, 0.3) is 0 Å². The van der Waals surface area contributed by atoms with Gasteiger partial charge in [0, 0.05) is 16.8 Å². The normalized spacial score (nSPS) is 11.0. The lowest BCUT2D eigenvalue weighted by Crippen LogP contribution is -2.08. The number of ether oxygens (including phenoxy) is 1. The number of hydrogen-bond acceptors (Lipinski definition) is 5. The van der Waals surface area contributed by atoms with Crippen molar-refractivity contribution < 1.29 is 4.74 Å². The van der Waals surface area contributed by atoms with Crippen molar-refractivity contribution in [2.75, 3.05) is 18.1 Å². The molecule has 2 N–H and O–H groups in total. The molecular weight excluding hydrogens is 296 g/mol. The Hall–Kier alpha value is -1.40. The van der Waals surface area contributed by atoms with E-state index in [4.69, 9.17) is 22.1 Å². The molecule has 2 rings (SSSR count). The van der Waals surface area contributed by atoms with Crippen LogP contribution in [0.15, 0.2) is 29.4 Å². The lowest BCUT2D eigenvalue weighted by molar-refractivity contribution is 0.344. The van der Waals surface area contributed by atoms with Gasteiger partial charge in [-0.25, -0.2) is 0 Å². The maximum atomic E-state index is 5.89. The SMILES string of the molecule is CC(C)n1c(N)nnc1SCCOc1cccc(Cl)c1. The van der Waals surface area contributed by atoms with Crippen LogP contribution in [-0.2, 0) is 0 Å². The van der Waals surface area contributed by atoms with Crippen molar-refractivity contribution in [1.82, 2.24) is 14.8 Å². The smallest absolute Gasteiger partial charge is 0.222 e. The largest absolute Gasteiger partial charge is 0.493 e. The van der Waals surface area contributed by atoms with Gasteiger partial charge in [-0.05, 0) is 32.0 Å². The number of anilines is 1. The van der Waals surface area contributed by atoms with Crippen LogP contribution in [-0.4, -0.2) is 27.1 Å². The molecule has 0 aliphatic carbocycles. The quantitative estimate of drug-likeness (QED) is 0.655. The molecule has 1 heterocycles. The molecule has 0 atom stereocenters. The average molecular weight is 313 g/mol. The number of benzene rings is 1. The highest BCUT2D eigenvalue weighted by atomic mass is 35.5. The van der Waals surface area contributed by atoms with Gasteiger partial charge >= 0.3 is 0 Å². The summed E-state index contributed by atoms with van der Waals surface area (Å²) >= 11 is 7.46. The first-order valence-corrected chi connectivity index (χ1v) is 7.66. The predicted molar refractivity (Wildman–Crippen MR) is 82.5 cm³/mol. The number of hydrogen-bond donors (Lipinski definition) is 1. The molecule has 0 aliphatic heterocycles. The zero-order chi connectivity index (χ0) is 14.5. The fourth-order valence-corrected chi connectivity index (χ4v) is 2.79. The fraction of sp³-hybridized carbons (Fsp3) is 0.385. The molecule has 0 unspecified atom stereocenters. The monoisotopic (exact) mass is 312 g/mol. The lowest BCUT2D eigenvalue weighted by atomic mass is 10.3. The second kappa shape index (κ2) is 6.85. The van der Waals surface area contributed by atoms with Gasteiger partial charge in [0.25, 0.3) is 0 Å². The van der Waals surface area contributed by atoms with Crippen molar-refractivity contribution in [3.05, 3.63) is 29.3 Å². The molecule has 0 aliphatic rings. The molecule has 0 fully saturated rings. The molecule has 0 bridgehead atoms. The molecule has 1 aromatic carbocycles. The van der Waals surface area contributed by atoms with Crippen LogP contribution in [0.1, 0.15) is 19.9 Å². The summed E-state index contributed by atoms with van der Waals surface area (Å²) in [5, 5.41) is 9.45. The molecule has 0 amide bonds. The summed E-state index contributed by atoms with van der Waals surface area (Å²) in [5.74, 6) is 1.97. The van der Waals surface area contributed by atoms with Gasteiger partial charge in [0.2, 0.25) is 5.95 Å². The van der Waals surface area contributed by atoms with E-state index in [1.165, 1.54) is 0 Å². The first-order valence-electron chi connectivity index (χ1n) is 6.29. The minimum atomic E-state index is 0.237. The number of nitrogens with zero attached hydrogens (tertiary/aromatic N) is 3. The van der Waals surface area contributed by atoms with Gasteiger partial charge in [0.05, 0.1) is 6.61 Å². The van der Waals surface area contributed by atoms with E-state index in [2.05, 4.69) is 10.2 Å². The lowest BCUT2D eigenvalue weighted by Gasteiger charge is -2.11. The molecular formula is C13H17ClN4OS. The number of halogens is 1. The van der Waals surface area contributed by atoms with Crippen LogP contribution in [0, 0.1) is 0 Å². The van der Waals surface area contributed by atoms with E-state index in [0.717, 1.165) is 16.7 Å². The highest BCUT2D eigenvalue weighted by Gasteiger charge is 2.12. The molecule has 108 valence electrons. The van der Waals surface area contributed by atoms with E-state index < -0.39 is 0 Å². The van der Waals surface area contributed by atoms with Crippen LogP contribution in [0.4, 0.5) is 5.95 Å². The summed E-state index contributed by atoms with van der Waals surface area (Å²) in [7, 11) is 0. The van der Waals surface area contributed by atoms with Crippen LogP contribution >= 0.6 is 23.4 Å². The minimum absolute atomic E-state index is 0.237. The summed E-state index contributed by atoms with van der Waals surface area (Å²) in [6.45, 7) is 4.66. The van der Waals surface area contributed by atoms with Crippen molar-refractivity contribution in [2.24, 2.45) is 0 Å². The molecule has 1 aromatic heterocycles. The van der Waals surface area contributed by atoms with E-state index >= 15 is 0 Å². The Morgan fingerprint density at radius 1 is 1.40 bits per heavy atom. The Kier molecular flexibility index (Phi) is 5.14. The molecule has 5 nitrogen and oxygen atoms in total. The van der Waals surface area contributed by atoms with Gasteiger partial charge in [0.15, 0.2) is 5.16 Å². The molecule has 20 heavy (non-hydrogen) atoms. The number of nitrogens with two attached hydrogens (primary N) is 1. The second-order valence-corrected chi connectivity index (χ2v) is 5.96. The summed E-state index contributed by atoms with van der Waals surface area (Å²) in [5.41, 5.74) is 5.78. The number of rotatable bonds is 6. The summed E-state index contributed by atoms with van der Waals surface area (Å²) in [6.07, 6.45) is 0. The average Bonchev–Trinajstić information content (AvgIpc) is 2.76. The van der Waals surface area contributed by atoms with Crippen LogP contribution in [0.3, 0.4) is 0 Å². The molecule has 7 heteroatoms. The zero-order valence-corrected chi connectivity index (χ0v) is 13.0. The van der Waals surface area contributed by atoms with Crippen molar-refractivity contribution in [1.29, 1.82) is 0 Å². The molecule has 0 radical (unpaired) electrons. The Morgan fingerprint density at radius 2 is 2.20 bits per heavy atom. The zero-order valence-electron chi connectivity index (χ0n) is 11.4. The van der Waals surface area contributed by atoms with Gasteiger partial charge in [-0.15, -0.1) is 10.2 Å². The first-order chi connectivity index (χ1) is 9.58. The van der Waals surface area contributed by atoms with Crippen molar-refractivity contribution >= 4 is 29.3 Å². The second-order valence-electron chi connectivity index (χ2n) is 4.46. The Balaban J connectivity index is 1.85. The molecule has 0 saturated heterocycles. The Labute approximate surface area is 127 Å². The van der Waals surface area contributed by atoms with E-state index in [1.54, 1.807) is 17.8 Å². The van der Waals surface area contributed by atoms with E-state index in [0.29, 0.717) is 17.6 Å². The summed E-state index contributed by atoms with van der Waals surface area (Å²) in [6, 6.07) is 7.59. The molecule has 0 spiro atoms.